The van der Waals surface area contributed by atoms with Gasteiger partial charge in [-0.2, -0.15) is 0 Å². The van der Waals surface area contributed by atoms with Crippen molar-refractivity contribution in [2.24, 2.45) is 5.92 Å². The molecule has 1 aliphatic heterocycles. The summed E-state index contributed by atoms with van der Waals surface area (Å²) in [5.41, 5.74) is 0. The Morgan fingerprint density at radius 3 is 2.88 bits per heavy atom. The first-order valence-corrected chi connectivity index (χ1v) is 5.18. The van der Waals surface area contributed by atoms with Gasteiger partial charge in [0.1, 0.15) is 0 Å². The predicted octanol–water partition coefficient (Wildman–Crippen LogP) is -0.856. The standard InChI is InChI=1S/C10H16N2O4/c1-7(5-8(13)16-2)6-12-4-3-11-9(14)10(12)15/h7H,3-6H2,1-2H3,(H,11,14). The van der Waals surface area contributed by atoms with E-state index >= 15 is 0 Å². The van der Waals surface area contributed by atoms with E-state index in [1.807, 2.05) is 6.92 Å². The summed E-state index contributed by atoms with van der Waals surface area (Å²) in [4.78, 5) is 35.0. The SMILES string of the molecule is COC(=O)CC(C)CN1CCNC(=O)C1=O. The van der Waals surface area contributed by atoms with Crippen LogP contribution >= 0.6 is 0 Å². The summed E-state index contributed by atoms with van der Waals surface area (Å²) < 4.78 is 4.54. The molecule has 0 aromatic rings. The molecule has 0 spiro atoms. The van der Waals surface area contributed by atoms with Crippen molar-refractivity contribution >= 4 is 17.8 Å². The lowest BCUT2D eigenvalue weighted by molar-refractivity contribution is -0.149. The van der Waals surface area contributed by atoms with Crippen LogP contribution in [0.15, 0.2) is 0 Å². The summed E-state index contributed by atoms with van der Waals surface area (Å²) in [6, 6.07) is 0. The van der Waals surface area contributed by atoms with Gasteiger partial charge >= 0.3 is 17.8 Å². The van der Waals surface area contributed by atoms with Gasteiger partial charge < -0.3 is 15.0 Å². The number of esters is 1. The van der Waals surface area contributed by atoms with Crippen LogP contribution in [0.1, 0.15) is 13.3 Å². The van der Waals surface area contributed by atoms with E-state index in [2.05, 4.69) is 10.1 Å². The highest BCUT2D eigenvalue weighted by Crippen LogP contribution is 2.07. The molecular weight excluding hydrogens is 212 g/mol. The third kappa shape index (κ3) is 3.22. The summed E-state index contributed by atoms with van der Waals surface area (Å²) in [6.45, 7) is 3.21. The number of carbonyl (C=O) groups is 3. The molecule has 0 aliphatic carbocycles. The zero-order valence-electron chi connectivity index (χ0n) is 9.49. The van der Waals surface area contributed by atoms with E-state index in [-0.39, 0.29) is 18.3 Å². The first kappa shape index (κ1) is 12.5. The third-order valence-electron chi connectivity index (χ3n) is 2.42. The molecule has 6 nitrogen and oxygen atoms in total. The maximum atomic E-state index is 11.4. The highest BCUT2D eigenvalue weighted by Gasteiger charge is 2.27. The number of methoxy groups -OCH3 is 1. The minimum atomic E-state index is -0.573. The number of carbonyl (C=O) groups excluding carboxylic acids is 3. The number of nitrogens with one attached hydrogen (secondary N) is 1. The molecule has 0 saturated carbocycles. The highest BCUT2D eigenvalue weighted by atomic mass is 16.5. The molecule has 16 heavy (non-hydrogen) atoms. The Morgan fingerprint density at radius 2 is 2.25 bits per heavy atom. The maximum Gasteiger partial charge on any atom is 0.311 e. The first-order valence-electron chi connectivity index (χ1n) is 5.18. The van der Waals surface area contributed by atoms with E-state index in [1.54, 1.807) is 0 Å². The fraction of sp³-hybridized carbons (Fsp3) is 0.700. The van der Waals surface area contributed by atoms with Crippen molar-refractivity contribution in [2.45, 2.75) is 13.3 Å². The fourth-order valence-corrected chi connectivity index (χ4v) is 1.61. The zero-order valence-corrected chi connectivity index (χ0v) is 9.49. The van der Waals surface area contributed by atoms with E-state index in [4.69, 9.17) is 0 Å². The van der Waals surface area contributed by atoms with Gasteiger partial charge in [0.2, 0.25) is 0 Å². The topological polar surface area (TPSA) is 75.7 Å². The largest absolute Gasteiger partial charge is 0.469 e. The quantitative estimate of drug-likeness (QED) is 0.502. The van der Waals surface area contributed by atoms with Gasteiger partial charge in [0, 0.05) is 26.1 Å². The van der Waals surface area contributed by atoms with Gasteiger partial charge in [-0.25, -0.2) is 0 Å². The van der Waals surface area contributed by atoms with Gasteiger partial charge in [-0.3, -0.25) is 14.4 Å². The number of hydrogen-bond acceptors (Lipinski definition) is 4. The average Bonchev–Trinajstić information content (AvgIpc) is 2.24. The first-order chi connectivity index (χ1) is 7.54. The number of hydrogen-bond donors (Lipinski definition) is 1. The molecule has 1 saturated heterocycles. The van der Waals surface area contributed by atoms with Crippen LogP contribution < -0.4 is 5.32 Å². The lowest BCUT2D eigenvalue weighted by Crippen LogP contribution is -2.53. The monoisotopic (exact) mass is 228 g/mol. The van der Waals surface area contributed by atoms with E-state index < -0.39 is 11.8 Å². The number of rotatable bonds is 4. The number of piperazine rings is 1. The van der Waals surface area contributed by atoms with Crippen LogP contribution in [0.5, 0.6) is 0 Å². The molecule has 0 aromatic heterocycles. The van der Waals surface area contributed by atoms with Crippen LogP contribution in [0.2, 0.25) is 0 Å². The second-order valence-corrected chi connectivity index (χ2v) is 3.89. The zero-order chi connectivity index (χ0) is 12.1. The summed E-state index contributed by atoms with van der Waals surface area (Å²) in [5.74, 6) is -1.41. The Balaban J connectivity index is 2.43. The highest BCUT2D eigenvalue weighted by molar-refractivity contribution is 6.35. The average molecular weight is 228 g/mol. The molecular formula is C10H16N2O4. The molecule has 1 heterocycles. The van der Waals surface area contributed by atoms with Crippen molar-refractivity contribution in [1.82, 2.24) is 10.2 Å². The summed E-state index contributed by atoms with van der Waals surface area (Å²) in [5, 5.41) is 2.47. The van der Waals surface area contributed by atoms with Gasteiger partial charge in [-0.15, -0.1) is 0 Å². The van der Waals surface area contributed by atoms with Crippen molar-refractivity contribution in [3.63, 3.8) is 0 Å². The Bertz CT molecular complexity index is 303. The van der Waals surface area contributed by atoms with Crippen molar-refractivity contribution in [3.05, 3.63) is 0 Å². The molecule has 1 fully saturated rings. The van der Waals surface area contributed by atoms with Crippen LogP contribution in [0.25, 0.3) is 0 Å². The van der Waals surface area contributed by atoms with E-state index in [9.17, 15) is 14.4 Å². The Morgan fingerprint density at radius 1 is 1.56 bits per heavy atom. The summed E-state index contributed by atoms with van der Waals surface area (Å²) in [7, 11) is 1.33. The van der Waals surface area contributed by atoms with Crippen LogP contribution in [0.3, 0.4) is 0 Å². The molecule has 1 N–H and O–H groups in total. The second kappa shape index (κ2) is 5.48. The molecule has 2 amide bonds. The van der Waals surface area contributed by atoms with Crippen molar-refractivity contribution in [1.29, 1.82) is 0 Å². The Labute approximate surface area is 93.9 Å². The molecule has 1 rings (SSSR count). The van der Waals surface area contributed by atoms with Gasteiger partial charge in [0.25, 0.3) is 0 Å². The number of ether oxygens (including phenoxy) is 1. The van der Waals surface area contributed by atoms with Gasteiger partial charge in [-0.1, -0.05) is 6.92 Å². The van der Waals surface area contributed by atoms with Crippen LogP contribution in [-0.4, -0.2) is 49.4 Å². The van der Waals surface area contributed by atoms with Crippen LogP contribution in [0, 0.1) is 5.92 Å². The van der Waals surface area contributed by atoms with E-state index in [0.29, 0.717) is 19.6 Å². The maximum absolute atomic E-state index is 11.4. The van der Waals surface area contributed by atoms with Crippen molar-refractivity contribution in [3.8, 4) is 0 Å². The molecule has 1 atom stereocenters. The van der Waals surface area contributed by atoms with E-state index in [1.165, 1.54) is 12.0 Å². The van der Waals surface area contributed by atoms with Gasteiger partial charge in [-0.05, 0) is 5.92 Å². The summed E-state index contributed by atoms with van der Waals surface area (Å²) in [6.07, 6.45) is 0.252. The second-order valence-electron chi connectivity index (χ2n) is 3.89. The molecule has 1 aliphatic rings. The predicted molar refractivity (Wildman–Crippen MR) is 55.4 cm³/mol. The fourth-order valence-electron chi connectivity index (χ4n) is 1.61. The normalized spacial score (nSPS) is 18.0. The number of nitrogens with zero attached hydrogens (tertiary/aromatic N) is 1. The van der Waals surface area contributed by atoms with E-state index in [0.717, 1.165) is 0 Å². The van der Waals surface area contributed by atoms with Crippen molar-refractivity contribution in [2.75, 3.05) is 26.7 Å². The Kier molecular flexibility index (Phi) is 4.28. The lowest BCUT2D eigenvalue weighted by atomic mass is 10.1. The lowest BCUT2D eigenvalue weighted by Gasteiger charge is -2.28. The van der Waals surface area contributed by atoms with Gasteiger partial charge in [0.05, 0.1) is 7.11 Å². The molecule has 90 valence electrons. The summed E-state index contributed by atoms with van der Waals surface area (Å²) >= 11 is 0. The van der Waals surface area contributed by atoms with Crippen molar-refractivity contribution < 1.29 is 19.1 Å². The molecule has 0 aromatic carbocycles. The minimum absolute atomic E-state index is 0.0118. The smallest absolute Gasteiger partial charge is 0.311 e. The van der Waals surface area contributed by atoms with Crippen LogP contribution in [-0.2, 0) is 19.1 Å². The molecule has 6 heteroatoms. The molecule has 0 radical (unpaired) electrons. The minimum Gasteiger partial charge on any atom is -0.469 e. The number of amides is 2. The van der Waals surface area contributed by atoms with Crippen LogP contribution in [0.4, 0.5) is 0 Å². The van der Waals surface area contributed by atoms with Gasteiger partial charge in [0.15, 0.2) is 0 Å². The third-order valence-corrected chi connectivity index (χ3v) is 2.42. The Hall–Kier alpha value is -1.59. The molecule has 1 unspecified atom stereocenters. The molecule has 0 bridgehead atoms.